The molecular formula is C16H21F3O5S. The minimum atomic E-state index is -5.70. The van der Waals surface area contributed by atoms with Gasteiger partial charge in [-0.15, -0.1) is 0 Å². The summed E-state index contributed by atoms with van der Waals surface area (Å²) in [5.41, 5.74) is -5.02. The van der Waals surface area contributed by atoms with Crippen LogP contribution in [0.1, 0.15) is 44.1 Å². The maximum Gasteiger partial charge on any atom is 0.534 e. The van der Waals surface area contributed by atoms with Gasteiger partial charge in [0.2, 0.25) is 0 Å². The molecule has 0 saturated heterocycles. The first-order valence-corrected chi connectivity index (χ1v) is 9.34. The van der Waals surface area contributed by atoms with Crippen LogP contribution in [0.2, 0.25) is 0 Å². The number of benzene rings is 1. The molecule has 1 fully saturated rings. The zero-order valence-electron chi connectivity index (χ0n) is 14.0. The van der Waals surface area contributed by atoms with Crippen molar-refractivity contribution in [2.45, 2.75) is 49.8 Å². The fourth-order valence-electron chi connectivity index (χ4n) is 3.10. The number of ether oxygens (including phenoxy) is 2. The van der Waals surface area contributed by atoms with Crippen molar-refractivity contribution in [3.63, 3.8) is 0 Å². The fourth-order valence-corrected chi connectivity index (χ4v) is 3.58. The SMILES string of the molecule is CCOC1(OC)CCC(c2ccccc2OS(=O)(=O)C(F)(F)F)CC1. The van der Waals surface area contributed by atoms with Crippen molar-refractivity contribution >= 4 is 10.1 Å². The number of para-hydroxylation sites is 1. The van der Waals surface area contributed by atoms with Crippen molar-refractivity contribution in [2.24, 2.45) is 0 Å². The zero-order valence-corrected chi connectivity index (χ0v) is 14.8. The van der Waals surface area contributed by atoms with E-state index in [2.05, 4.69) is 4.18 Å². The van der Waals surface area contributed by atoms with Gasteiger partial charge in [0, 0.05) is 26.6 Å². The third-order valence-corrected chi connectivity index (χ3v) is 5.33. The van der Waals surface area contributed by atoms with E-state index in [1.165, 1.54) is 12.1 Å². The van der Waals surface area contributed by atoms with E-state index in [0.29, 0.717) is 37.9 Å². The van der Waals surface area contributed by atoms with Crippen LogP contribution in [0.4, 0.5) is 13.2 Å². The summed E-state index contributed by atoms with van der Waals surface area (Å²) in [5.74, 6) is -1.12. The summed E-state index contributed by atoms with van der Waals surface area (Å²) in [7, 11) is -4.14. The van der Waals surface area contributed by atoms with Gasteiger partial charge in [0.1, 0.15) is 5.75 Å². The molecule has 0 aromatic heterocycles. The summed E-state index contributed by atoms with van der Waals surface area (Å²) in [6.45, 7) is 2.35. The van der Waals surface area contributed by atoms with Crippen LogP contribution in [0, 0.1) is 0 Å². The Morgan fingerprint density at radius 3 is 2.32 bits per heavy atom. The number of halogens is 3. The molecule has 0 unspecified atom stereocenters. The predicted molar refractivity (Wildman–Crippen MR) is 84.6 cm³/mol. The van der Waals surface area contributed by atoms with Gasteiger partial charge in [0.15, 0.2) is 5.79 Å². The topological polar surface area (TPSA) is 61.8 Å². The minimum absolute atomic E-state index is 0.136. The van der Waals surface area contributed by atoms with Crippen LogP contribution in [0.3, 0.4) is 0 Å². The smallest absolute Gasteiger partial charge is 0.376 e. The molecule has 1 saturated carbocycles. The number of rotatable bonds is 6. The monoisotopic (exact) mass is 382 g/mol. The Labute approximate surface area is 145 Å². The molecule has 1 aromatic carbocycles. The first-order chi connectivity index (χ1) is 11.6. The van der Waals surface area contributed by atoms with Gasteiger partial charge in [-0.1, -0.05) is 18.2 Å². The van der Waals surface area contributed by atoms with Crippen LogP contribution in [-0.2, 0) is 19.6 Å². The second-order valence-electron chi connectivity index (χ2n) is 5.84. The maximum absolute atomic E-state index is 12.6. The van der Waals surface area contributed by atoms with Crippen molar-refractivity contribution in [3.05, 3.63) is 29.8 Å². The van der Waals surface area contributed by atoms with Crippen LogP contribution in [0.25, 0.3) is 0 Å². The summed E-state index contributed by atoms with van der Waals surface area (Å²) in [4.78, 5) is 0. The first kappa shape index (κ1) is 20.0. The Morgan fingerprint density at radius 2 is 1.80 bits per heavy atom. The van der Waals surface area contributed by atoms with E-state index < -0.39 is 21.4 Å². The second kappa shape index (κ2) is 7.51. The van der Waals surface area contributed by atoms with Crippen molar-refractivity contribution in [2.75, 3.05) is 13.7 Å². The molecule has 5 nitrogen and oxygen atoms in total. The lowest BCUT2D eigenvalue weighted by atomic mass is 9.80. The fraction of sp³-hybridized carbons (Fsp3) is 0.625. The van der Waals surface area contributed by atoms with E-state index in [1.807, 2.05) is 6.92 Å². The highest BCUT2D eigenvalue weighted by Gasteiger charge is 2.49. The molecule has 142 valence electrons. The Kier molecular flexibility index (Phi) is 6.01. The predicted octanol–water partition coefficient (Wildman–Crippen LogP) is 3.95. The molecule has 0 amide bonds. The van der Waals surface area contributed by atoms with E-state index in [4.69, 9.17) is 9.47 Å². The molecule has 0 aliphatic heterocycles. The Morgan fingerprint density at radius 1 is 1.20 bits per heavy atom. The molecule has 0 radical (unpaired) electrons. The zero-order chi connectivity index (χ0) is 18.7. The summed E-state index contributed by atoms with van der Waals surface area (Å²) < 4.78 is 75.8. The van der Waals surface area contributed by atoms with Gasteiger partial charge >= 0.3 is 15.6 Å². The standard InChI is InChI=1S/C16H21F3O5S/c1-3-23-15(22-2)10-8-12(9-11-15)13-6-4-5-7-14(13)24-25(20,21)16(17,18)19/h4-7,12H,3,8-11H2,1-2H3. The van der Waals surface area contributed by atoms with Crippen molar-refractivity contribution < 1.29 is 35.2 Å². The molecule has 1 aliphatic rings. The molecule has 1 aliphatic carbocycles. The van der Waals surface area contributed by atoms with E-state index >= 15 is 0 Å². The lowest BCUT2D eigenvalue weighted by Crippen LogP contribution is -2.38. The van der Waals surface area contributed by atoms with Gasteiger partial charge in [-0.3, -0.25) is 0 Å². The molecule has 9 heteroatoms. The van der Waals surface area contributed by atoms with E-state index in [9.17, 15) is 21.6 Å². The lowest BCUT2D eigenvalue weighted by molar-refractivity contribution is -0.237. The average molecular weight is 382 g/mol. The maximum atomic E-state index is 12.6. The number of alkyl halides is 3. The van der Waals surface area contributed by atoms with Crippen molar-refractivity contribution in [3.8, 4) is 5.75 Å². The number of hydrogen-bond acceptors (Lipinski definition) is 5. The third-order valence-electron chi connectivity index (χ3n) is 4.37. The lowest BCUT2D eigenvalue weighted by Gasteiger charge is -2.39. The highest BCUT2D eigenvalue weighted by atomic mass is 32.2. The quantitative estimate of drug-likeness (QED) is 0.424. The molecule has 25 heavy (non-hydrogen) atoms. The van der Waals surface area contributed by atoms with Gasteiger partial charge in [0.05, 0.1) is 0 Å². The number of hydrogen-bond donors (Lipinski definition) is 0. The van der Waals surface area contributed by atoms with Crippen LogP contribution in [0.15, 0.2) is 24.3 Å². The first-order valence-electron chi connectivity index (χ1n) is 7.93. The molecular weight excluding hydrogens is 361 g/mol. The largest absolute Gasteiger partial charge is 0.534 e. The van der Waals surface area contributed by atoms with E-state index in [1.54, 1.807) is 19.2 Å². The Balaban J connectivity index is 2.20. The van der Waals surface area contributed by atoms with Crippen molar-refractivity contribution in [1.29, 1.82) is 0 Å². The Hall–Kier alpha value is -1.32. The molecule has 0 heterocycles. The molecule has 0 spiro atoms. The van der Waals surface area contributed by atoms with Gasteiger partial charge in [-0.05, 0) is 37.3 Å². The van der Waals surface area contributed by atoms with Gasteiger partial charge < -0.3 is 13.7 Å². The molecule has 0 N–H and O–H groups in total. The summed E-state index contributed by atoms with van der Waals surface area (Å²) in [6.07, 6.45) is 2.28. The van der Waals surface area contributed by atoms with Crippen molar-refractivity contribution in [1.82, 2.24) is 0 Å². The molecule has 0 bridgehead atoms. The van der Waals surface area contributed by atoms with Crippen LogP contribution < -0.4 is 4.18 Å². The summed E-state index contributed by atoms with van der Waals surface area (Å²) >= 11 is 0. The normalized spacial score (nSPS) is 24.9. The van der Waals surface area contributed by atoms with Crippen LogP contribution in [-0.4, -0.2) is 33.4 Å². The second-order valence-corrected chi connectivity index (χ2v) is 7.38. The molecule has 0 atom stereocenters. The van der Waals surface area contributed by atoms with Gasteiger partial charge in [0.25, 0.3) is 0 Å². The number of methoxy groups -OCH3 is 1. The van der Waals surface area contributed by atoms with Crippen LogP contribution >= 0.6 is 0 Å². The van der Waals surface area contributed by atoms with Gasteiger partial charge in [-0.2, -0.15) is 21.6 Å². The highest BCUT2D eigenvalue weighted by Crippen LogP contribution is 2.43. The minimum Gasteiger partial charge on any atom is -0.376 e. The third kappa shape index (κ3) is 4.45. The van der Waals surface area contributed by atoms with E-state index in [0.717, 1.165) is 0 Å². The van der Waals surface area contributed by atoms with E-state index in [-0.39, 0.29) is 11.7 Å². The summed E-state index contributed by atoms with van der Waals surface area (Å²) in [5, 5.41) is 0. The highest BCUT2D eigenvalue weighted by molar-refractivity contribution is 7.88. The van der Waals surface area contributed by atoms with Gasteiger partial charge in [-0.25, -0.2) is 0 Å². The Bertz CT molecular complexity index is 679. The average Bonchev–Trinajstić information content (AvgIpc) is 2.55. The molecule has 2 rings (SSSR count). The van der Waals surface area contributed by atoms with Crippen LogP contribution in [0.5, 0.6) is 5.75 Å². The summed E-state index contributed by atoms with van der Waals surface area (Å²) in [6, 6.07) is 5.90. The molecule has 1 aromatic rings.